The Morgan fingerprint density at radius 3 is 2.35 bits per heavy atom. The number of hydrogen-bond acceptors (Lipinski definition) is 1. The van der Waals surface area contributed by atoms with Crippen molar-refractivity contribution in [3.63, 3.8) is 0 Å². The van der Waals surface area contributed by atoms with Crippen molar-refractivity contribution < 1.29 is 3.07 Å². The maximum Gasteiger partial charge on any atom is 0.192 e. The highest BCUT2D eigenvalue weighted by atomic mass is 127. The van der Waals surface area contributed by atoms with E-state index >= 15 is 0 Å². The van der Waals surface area contributed by atoms with Crippen molar-refractivity contribution in [2.75, 3.05) is 0 Å². The molecule has 0 radical (unpaired) electrons. The van der Waals surface area contributed by atoms with Gasteiger partial charge in [0.15, 0.2) is 23.0 Å². The standard InChI is InChI=1S/C21H19IO/c1-21(2)19-6-4-3-5-17(19)18-12-9-15(13-20(18)21)14-7-10-16(23-22)11-8-14/h3-13,17,19H,1-2H3. The number of fused-ring (bicyclic) bond motifs is 3. The second-order valence-corrected chi connectivity index (χ2v) is 7.39. The van der Waals surface area contributed by atoms with Crippen LogP contribution in [0.2, 0.25) is 0 Å². The Bertz CT molecular complexity index is 799. The molecule has 0 aliphatic heterocycles. The van der Waals surface area contributed by atoms with Crippen LogP contribution in [-0.4, -0.2) is 0 Å². The van der Waals surface area contributed by atoms with E-state index in [2.05, 4.69) is 68.5 Å². The molecule has 0 aromatic heterocycles. The van der Waals surface area contributed by atoms with Gasteiger partial charge in [-0.1, -0.05) is 68.5 Å². The van der Waals surface area contributed by atoms with Crippen molar-refractivity contribution in [1.29, 1.82) is 0 Å². The molecule has 0 fully saturated rings. The van der Waals surface area contributed by atoms with E-state index in [1.165, 1.54) is 22.3 Å². The first-order chi connectivity index (χ1) is 11.1. The van der Waals surface area contributed by atoms with E-state index < -0.39 is 0 Å². The Morgan fingerprint density at radius 2 is 1.61 bits per heavy atom. The van der Waals surface area contributed by atoms with Crippen LogP contribution in [0, 0.1) is 5.92 Å². The van der Waals surface area contributed by atoms with Crippen molar-refractivity contribution in [2.24, 2.45) is 5.92 Å². The van der Waals surface area contributed by atoms with Crippen LogP contribution in [0.1, 0.15) is 30.9 Å². The molecule has 4 rings (SSSR count). The third-order valence-corrected chi connectivity index (χ3v) is 5.86. The summed E-state index contributed by atoms with van der Waals surface area (Å²) < 4.78 is 5.23. The highest BCUT2D eigenvalue weighted by Crippen LogP contribution is 2.53. The highest BCUT2D eigenvalue weighted by Gasteiger charge is 2.44. The van der Waals surface area contributed by atoms with E-state index in [9.17, 15) is 0 Å². The zero-order valence-electron chi connectivity index (χ0n) is 13.3. The van der Waals surface area contributed by atoms with E-state index in [4.69, 9.17) is 3.07 Å². The molecule has 0 bridgehead atoms. The summed E-state index contributed by atoms with van der Waals surface area (Å²) in [5.74, 6) is 1.97. The van der Waals surface area contributed by atoms with Crippen LogP contribution in [-0.2, 0) is 5.41 Å². The molecule has 0 N–H and O–H groups in total. The number of hydrogen-bond donors (Lipinski definition) is 0. The molecule has 0 heterocycles. The lowest BCUT2D eigenvalue weighted by atomic mass is 9.74. The molecule has 2 atom stereocenters. The first-order valence-electron chi connectivity index (χ1n) is 8.00. The lowest BCUT2D eigenvalue weighted by Gasteiger charge is -2.29. The molecule has 0 saturated heterocycles. The zero-order chi connectivity index (χ0) is 16.0. The summed E-state index contributed by atoms with van der Waals surface area (Å²) in [6.07, 6.45) is 9.10. The van der Waals surface area contributed by atoms with Gasteiger partial charge in [0, 0.05) is 5.92 Å². The molecule has 1 nitrogen and oxygen atoms in total. The Kier molecular flexibility index (Phi) is 3.60. The SMILES string of the molecule is CC1(C)c2cc(-c3ccc(OI)cc3)ccc2C2C=CC=CC21. The molecule has 2 unspecified atom stereocenters. The Labute approximate surface area is 151 Å². The topological polar surface area (TPSA) is 9.23 Å². The van der Waals surface area contributed by atoms with Crippen LogP contribution in [0.5, 0.6) is 5.75 Å². The van der Waals surface area contributed by atoms with Crippen molar-refractivity contribution in [1.82, 2.24) is 0 Å². The zero-order valence-corrected chi connectivity index (χ0v) is 15.4. The summed E-state index contributed by atoms with van der Waals surface area (Å²) in [7, 11) is 0. The minimum absolute atomic E-state index is 0.169. The molecule has 0 spiro atoms. The van der Waals surface area contributed by atoms with Gasteiger partial charge in [-0.2, -0.15) is 0 Å². The fourth-order valence-corrected chi connectivity index (χ4v) is 4.35. The van der Waals surface area contributed by atoms with Crippen LogP contribution >= 0.6 is 23.0 Å². The monoisotopic (exact) mass is 414 g/mol. The predicted octanol–water partition coefficient (Wildman–Crippen LogP) is 6.20. The van der Waals surface area contributed by atoms with Gasteiger partial charge in [-0.25, -0.2) is 0 Å². The summed E-state index contributed by atoms with van der Waals surface area (Å²) in [4.78, 5) is 0. The molecule has 116 valence electrons. The van der Waals surface area contributed by atoms with E-state index in [1.54, 1.807) is 0 Å². The average molecular weight is 414 g/mol. The number of benzene rings is 2. The third kappa shape index (κ3) is 2.35. The first-order valence-corrected chi connectivity index (χ1v) is 8.88. The van der Waals surface area contributed by atoms with Gasteiger partial charge in [-0.05, 0) is 45.7 Å². The summed E-state index contributed by atoms with van der Waals surface area (Å²) >= 11 is 1.91. The van der Waals surface area contributed by atoms with Gasteiger partial charge in [-0.15, -0.1) is 0 Å². The lowest BCUT2D eigenvalue weighted by Crippen LogP contribution is -2.24. The van der Waals surface area contributed by atoms with Gasteiger partial charge in [-0.3, -0.25) is 0 Å². The van der Waals surface area contributed by atoms with Gasteiger partial charge in [0.05, 0.1) is 0 Å². The van der Waals surface area contributed by atoms with Crippen LogP contribution in [0.4, 0.5) is 0 Å². The maximum absolute atomic E-state index is 5.23. The average Bonchev–Trinajstić information content (AvgIpc) is 2.83. The molecular formula is C21H19IO. The largest absolute Gasteiger partial charge is 0.428 e. The van der Waals surface area contributed by atoms with Crippen LogP contribution in [0.15, 0.2) is 66.8 Å². The van der Waals surface area contributed by atoms with E-state index in [0.29, 0.717) is 11.8 Å². The molecule has 2 heteroatoms. The lowest BCUT2D eigenvalue weighted by molar-refractivity contribution is 0.394. The first kappa shape index (κ1) is 15.0. The van der Waals surface area contributed by atoms with Gasteiger partial charge in [0.25, 0.3) is 0 Å². The van der Waals surface area contributed by atoms with Crippen molar-refractivity contribution in [3.05, 3.63) is 77.9 Å². The molecule has 0 saturated carbocycles. The third-order valence-electron chi connectivity index (χ3n) is 5.35. The molecule has 23 heavy (non-hydrogen) atoms. The Balaban J connectivity index is 1.80. The van der Waals surface area contributed by atoms with E-state index in [1.807, 2.05) is 35.1 Å². The van der Waals surface area contributed by atoms with Gasteiger partial charge in [0.2, 0.25) is 0 Å². The number of rotatable bonds is 2. The number of allylic oxidation sites excluding steroid dienone is 4. The van der Waals surface area contributed by atoms with Gasteiger partial charge >= 0.3 is 0 Å². The number of halogens is 1. The second-order valence-electron chi connectivity index (χ2n) is 6.95. The molecule has 0 amide bonds. The quantitative estimate of drug-likeness (QED) is 0.532. The summed E-state index contributed by atoms with van der Waals surface area (Å²) in [6.45, 7) is 4.74. The minimum Gasteiger partial charge on any atom is -0.428 e. The fourth-order valence-electron chi connectivity index (χ4n) is 4.06. The normalized spacial score (nSPS) is 23.4. The van der Waals surface area contributed by atoms with Gasteiger partial charge < -0.3 is 3.07 Å². The highest BCUT2D eigenvalue weighted by molar-refractivity contribution is 14.1. The molecular weight excluding hydrogens is 395 g/mol. The second kappa shape index (κ2) is 5.52. The minimum atomic E-state index is 0.169. The van der Waals surface area contributed by atoms with Gasteiger partial charge in [0.1, 0.15) is 5.75 Å². The summed E-state index contributed by atoms with van der Waals surface area (Å²) in [6, 6.07) is 15.3. The molecule has 2 aliphatic rings. The van der Waals surface area contributed by atoms with Crippen LogP contribution < -0.4 is 3.07 Å². The van der Waals surface area contributed by atoms with E-state index in [-0.39, 0.29) is 5.41 Å². The fraction of sp³-hybridized carbons (Fsp3) is 0.238. The van der Waals surface area contributed by atoms with E-state index in [0.717, 1.165) is 5.75 Å². The maximum atomic E-state index is 5.23. The van der Waals surface area contributed by atoms with Crippen LogP contribution in [0.25, 0.3) is 11.1 Å². The summed E-state index contributed by atoms with van der Waals surface area (Å²) in [5.41, 5.74) is 5.65. The molecule has 2 aromatic rings. The molecule has 2 aliphatic carbocycles. The predicted molar refractivity (Wildman–Crippen MR) is 104 cm³/mol. The Morgan fingerprint density at radius 1 is 0.913 bits per heavy atom. The summed E-state index contributed by atoms with van der Waals surface area (Å²) in [5, 5.41) is 0. The smallest absolute Gasteiger partial charge is 0.192 e. The van der Waals surface area contributed by atoms with Crippen LogP contribution in [0.3, 0.4) is 0 Å². The molecule has 2 aromatic carbocycles. The Hall–Kier alpha value is -1.55. The van der Waals surface area contributed by atoms with Crippen molar-refractivity contribution in [3.8, 4) is 16.9 Å². The van der Waals surface area contributed by atoms with Crippen molar-refractivity contribution >= 4 is 23.0 Å². The van der Waals surface area contributed by atoms with Crippen molar-refractivity contribution in [2.45, 2.75) is 25.2 Å².